The van der Waals surface area contributed by atoms with Gasteiger partial charge in [0.05, 0.1) is 0 Å². The van der Waals surface area contributed by atoms with Crippen molar-refractivity contribution in [2.24, 2.45) is 17.4 Å². The molecule has 226 valence electrons. The van der Waals surface area contributed by atoms with Gasteiger partial charge in [-0.1, -0.05) is 13.8 Å². The van der Waals surface area contributed by atoms with Crippen LogP contribution in [0.4, 0.5) is 0 Å². The van der Waals surface area contributed by atoms with Gasteiger partial charge in [-0.3, -0.25) is 14.4 Å². The highest BCUT2D eigenvalue weighted by molar-refractivity contribution is 5.91. The molecule has 2 heterocycles. The van der Waals surface area contributed by atoms with Crippen LogP contribution >= 0.6 is 0 Å². The molecule has 0 aromatic carbocycles. The van der Waals surface area contributed by atoms with E-state index in [4.69, 9.17) is 26.0 Å². The van der Waals surface area contributed by atoms with Gasteiger partial charge in [0.15, 0.2) is 0 Å². The topological polar surface area (TPSA) is 267 Å². The average Bonchev–Trinajstić information content (AvgIpc) is 3.56. The smallest absolute Gasteiger partial charge is 0.346 e. The van der Waals surface area contributed by atoms with Crippen molar-refractivity contribution < 1.29 is 53.2 Å². The molecule has 1 unspecified atom stereocenters. The van der Waals surface area contributed by atoms with Crippen molar-refractivity contribution in [1.29, 1.82) is 0 Å². The number of nitrogens with two attached hydrogens (primary N) is 2. The fourth-order valence-corrected chi connectivity index (χ4v) is 3.73. The van der Waals surface area contributed by atoms with E-state index in [0.29, 0.717) is 0 Å². The second-order valence-electron chi connectivity index (χ2n) is 9.85. The molecule has 2 fully saturated rings. The predicted molar refractivity (Wildman–Crippen MR) is 136 cm³/mol. The van der Waals surface area contributed by atoms with Gasteiger partial charge in [-0.15, -0.1) is 0 Å². The number of esters is 3. The number of carbonyl (C=O) groups excluding carboxylic acids is 5. The molecule has 0 saturated carbocycles. The molecule has 0 bridgehead atoms. The number of aliphatic carboxylic acids is 2. The molecule has 16 heteroatoms. The number of nitrogens with one attached hydrogen (secondary N) is 3. The van der Waals surface area contributed by atoms with Crippen molar-refractivity contribution in [3.05, 3.63) is 0 Å². The zero-order chi connectivity index (χ0) is 30.4. The quantitative estimate of drug-likeness (QED) is 0.0855. The van der Waals surface area contributed by atoms with Crippen LogP contribution in [0.25, 0.3) is 0 Å². The van der Waals surface area contributed by atoms with E-state index in [1.54, 1.807) is 13.8 Å². The van der Waals surface area contributed by atoms with E-state index in [1.807, 2.05) is 0 Å². The zero-order valence-electron chi connectivity index (χ0n) is 22.6. The summed E-state index contributed by atoms with van der Waals surface area (Å²) in [5.41, 5.74) is 10.6. The molecule has 0 spiro atoms. The van der Waals surface area contributed by atoms with Gasteiger partial charge in [0.1, 0.15) is 24.2 Å². The lowest BCUT2D eigenvalue weighted by molar-refractivity contribution is -0.166. The lowest BCUT2D eigenvalue weighted by atomic mass is 10.0. The van der Waals surface area contributed by atoms with E-state index < -0.39 is 66.5 Å². The minimum Gasteiger partial charge on any atom is -0.480 e. The molecule has 2 amide bonds. The first-order valence-corrected chi connectivity index (χ1v) is 12.9. The van der Waals surface area contributed by atoms with Gasteiger partial charge in [-0.25, -0.2) is 19.2 Å². The minimum atomic E-state index is -1.64. The Bertz CT molecular complexity index is 936. The molecule has 5 atom stereocenters. The third-order valence-corrected chi connectivity index (χ3v) is 5.92. The van der Waals surface area contributed by atoms with Crippen LogP contribution in [0.2, 0.25) is 0 Å². The van der Waals surface area contributed by atoms with Crippen LogP contribution in [0.1, 0.15) is 58.8 Å². The SMILES string of the molecule is CC(C)C[C@H](NC[C@H](OC(=O)[C@@H]1CCC(=O)N1)C(=O)O)C(=O)OC(=O)C(N)CCC(N)=O.O=C(O)[C@@H]1CCCN1. The first-order valence-electron chi connectivity index (χ1n) is 12.9. The molecule has 0 aromatic rings. The molecule has 16 nitrogen and oxygen atoms in total. The summed E-state index contributed by atoms with van der Waals surface area (Å²) < 4.78 is 9.71. The van der Waals surface area contributed by atoms with Crippen molar-refractivity contribution in [3.63, 3.8) is 0 Å². The number of primary amides is 1. The summed E-state index contributed by atoms with van der Waals surface area (Å²) in [4.78, 5) is 80.1. The molecule has 0 aromatic heterocycles. The number of carboxylic acids is 2. The maximum Gasteiger partial charge on any atom is 0.346 e. The molecule has 9 N–H and O–H groups in total. The monoisotopic (exact) mass is 573 g/mol. The van der Waals surface area contributed by atoms with E-state index in [1.165, 1.54) is 0 Å². The number of carboxylic acid groups (broad SMARTS) is 2. The fourth-order valence-electron chi connectivity index (χ4n) is 3.73. The molecular weight excluding hydrogens is 534 g/mol. The van der Waals surface area contributed by atoms with Crippen molar-refractivity contribution in [3.8, 4) is 0 Å². The lowest BCUT2D eigenvalue weighted by Gasteiger charge is -2.22. The van der Waals surface area contributed by atoms with Gasteiger partial charge in [0, 0.05) is 19.4 Å². The largest absolute Gasteiger partial charge is 0.480 e. The second kappa shape index (κ2) is 17.1. The van der Waals surface area contributed by atoms with Crippen molar-refractivity contribution in [2.75, 3.05) is 13.1 Å². The molecule has 2 saturated heterocycles. The summed E-state index contributed by atoms with van der Waals surface area (Å²) in [6.07, 6.45) is 0.388. The Morgan fingerprint density at radius 1 is 1.07 bits per heavy atom. The van der Waals surface area contributed by atoms with Gasteiger partial charge < -0.3 is 47.1 Å². The van der Waals surface area contributed by atoms with Crippen molar-refractivity contribution in [2.45, 2.75) is 89.1 Å². The van der Waals surface area contributed by atoms with Crippen LogP contribution in [0.3, 0.4) is 0 Å². The van der Waals surface area contributed by atoms with E-state index >= 15 is 0 Å². The molecule has 2 aliphatic heterocycles. The number of rotatable bonds is 14. The molecule has 0 aliphatic carbocycles. The Kier molecular flexibility index (Phi) is 14.7. The predicted octanol–water partition coefficient (Wildman–Crippen LogP) is -2.25. The normalized spacial score (nSPS) is 20.4. The van der Waals surface area contributed by atoms with E-state index in [0.717, 1.165) is 19.4 Å². The van der Waals surface area contributed by atoms with E-state index in [9.17, 15) is 38.7 Å². The number of hydrogen-bond acceptors (Lipinski definition) is 12. The maximum absolute atomic E-state index is 12.4. The van der Waals surface area contributed by atoms with Gasteiger partial charge in [0.2, 0.25) is 17.9 Å². The summed E-state index contributed by atoms with van der Waals surface area (Å²) in [5.74, 6) is -6.16. The average molecular weight is 574 g/mol. The number of carbonyl (C=O) groups is 7. The number of ether oxygens (including phenoxy) is 2. The Labute approximate surface area is 230 Å². The summed E-state index contributed by atoms with van der Waals surface area (Å²) in [7, 11) is 0. The van der Waals surface area contributed by atoms with Crippen LogP contribution in [0.5, 0.6) is 0 Å². The third-order valence-electron chi connectivity index (χ3n) is 5.92. The highest BCUT2D eigenvalue weighted by Crippen LogP contribution is 2.11. The first-order chi connectivity index (χ1) is 18.7. The Morgan fingerprint density at radius 2 is 1.75 bits per heavy atom. The lowest BCUT2D eigenvalue weighted by Crippen LogP contribution is -2.48. The number of amides is 2. The van der Waals surface area contributed by atoms with Gasteiger partial charge in [-0.2, -0.15) is 0 Å². The second-order valence-corrected chi connectivity index (χ2v) is 9.85. The highest BCUT2D eigenvalue weighted by Gasteiger charge is 2.34. The molecule has 2 rings (SSSR count). The third kappa shape index (κ3) is 12.9. The van der Waals surface area contributed by atoms with Crippen LogP contribution in [0.15, 0.2) is 0 Å². The van der Waals surface area contributed by atoms with Crippen LogP contribution in [-0.4, -0.2) is 95.2 Å². The van der Waals surface area contributed by atoms with Crippen LogP contribution < -0.4 is 27.4 Å². The summed E-state index contributed by atoms with van der Waals surface area (Å²) in [6.45, 7) is 3.99. The minimum absolute atomic E-state index is 0.0433. The van der Waals surface area contributed by atoms with Crippen molar-refractivity contribution in [1.82, 2.24) is 16.0 Å². The summed E-state index contributed by atoms with van der Waals surface area (Å²) in [6, 6.07) is -3.52. The summed E-state index contributed by atoms with van der Waals surface area (Å²) in [5, 5.41) is 25.6. The molecule has 40 heavy (non-hydrogen) atoms. The Morgan fingerprint density at radius 3 is 2.20 bits per heavy atom. The zero-order valence-corrected chi connectivity index (χ0v) is 22.6. The van der Waals surface area contributed by atoms with Crippen LogP contribution in [0, 0.1) is 5.92 Å². The summed E-state index contributed by atoms with van der Waals surface area (Å²) >= 11 is 0. The number of hydrogen-bond donors (Lipinski definition) is 7. The maximum atomic E-state index is 12.4. The van der Waals surface area contributed by atoms with Gasteiger partial charge in [0.25, 0.3) is 0 Å². The molecular formula is C24H39N5O11. The van der Waals surface area contributed by atoms with E-state index in [-0.39, 0.29) is 50.0 Å². The van der Waals surface area contributed by atoms with Gasteiger partial charge in [-0.05, 0) is 44.6 Å². The Hall–Kier alpha value is -3.63. The fraction of sp³-hybridized carbons (Fsp3) is 0.708. The Balaban J connectivity index is 0.000000850. The highest BCUT2D eigenvalue weighted by atomic mass is 16.6. The molecule has 2 aliphatic rings. The first kappa shape index (κ1) is 34.4. The molecule has 0 radical (unpaired) electrons. The van der Waals surface area contributed by atoms with Gasteiger partial charge >= 0.3 is 29.8 Å². The standard InChI is InChI=1S/C19H30N4O9.C5H9NO2/c1-9(2)7-12(19(30)32-17(28)10(20)3-5-14(21)24)22-8-13(16(26)27)31-18(29)11-4-6-15(25)23-11;7-5(8)4-2-1-3-6-4/h9-13,22H,3-8,20H2,1-2H3,(H2,21,24)(H,23,25)(H,26,27);4,6H,1-3H2,(H,7,8)/t10?,11-,12-,13-;4-/m00/s1. The van der Waals surface area contributed by atoms with Crippen LogP contribution in [-0.2, 0) is 43.0 Å². The van der Waals surface area contributed by atoms with E-state index in [2.05, 4.69) is 16.0 Å². The van der Waals surface area contributed by atoms with Crippen molar-refractivity contribution >= 4 is 41.7 Å².